The van der Waals surface area contributed by atoms with Gasteiger partial charge in [-0.15, -0.1) is 0 Å². The van der Waals surface area contributed by atoms with E-state index in [0.29, 0.717) is 0 Å². The molecule has 0 saturated carbocycles. The first-order valence-corrected chi connectivity index (χ1v) is 5.01. The Bertz CT molecular complexity index is 399. The maximum Gasteiger partial charge on any atom is 0.432 e. The molecular weight excluding hydrogens is 276 g/mol. The maximum atomic E-state index is 12.9. The first kappa shape index (κ1) is 13.5. The summed E-state index contributed by atoms with van der Waals surface area (Å²) < 4.78 is 119. The number of alkyl halides is 8. The number of sulfone groups is 1. The molecule has 1 saturated heterocycles. The van der Waals surface area contributed by atoms with Crippen molar-refractivity contribution in [1.29, 1.82) is 0 Å². The predicted molar refractivity (Wildman–Crippen MR) is 33.6 cm³/mol. The fourth-order valence-electron chi connectivity index (χ4n) is 1.17. The Morgan fingerprint density at radius 3 is 1.50 bits per heavy atom. The van der Waals surface area contributed by atoms with Gasteiger partial charge in [-0.05, 0) is 0 Å². The molecule has 1 aliphatic rings. The molecule has 2 nitrogen and oxygen atoms in total. The van der Waals surface area contributed by atoms with Crippen molar-refractivity contribution < 1.29 is 43.5 Å². The molecule has 0 amide bonds. The molecule has 0 aliphatic carbocycles. The van der Waals surface area contributed by atoms with Crippen LogP contribution >= 0.6 is 0 Å². The zero-order valence-electron chi connectivity index (χ0n) is 6.90. The van der Waals surface area contributed by atoms with Gasteiger partial charge in [-0.3, -0.25) is 0 Å². The molecule has 0 aromatic heterocycles. The Balaban J connectivity index is 3.56. The van der Waals surface area contributed by atoms with Gasteiger partial charge in [-0.2, -0.15) is 22.0 Å². The first-order valence-electron chi connectivity index (χ1n) is 3.47. The summed E-state index contributed by atoms with van der Waals surface area (Å²) in [6, 6.07) is 0. The van der Waals surface area contributed by atoms with Crippen LogP contribution in [0.15, 0.2) is 0 Å². The van der Waals surface area contributed by atoms with Crippen molar-refractivity contribution in [2.75, 3.05) is 0 Å². The highest BCUT2D eigenvalue weighted by atomic mass is 32.2. The first-order chi connectivity index (χ1) is 6.82. The highest BCUT2D eigenvalue weighted by Gasteiger charge is 2.88. The van der Waals surface area contributed by atoms with Gasteiger partial charge in [-0.1, -0.05) is 0 Å². The SMILES string of the molecule is O=S1(=O)C(F)C(F)C(F)(C(F)(F)F)C1(F)F. The lowest BCUT2D eigenvalue weighted by Gasteiger charge is -2.28. The van der Waals surface area contributed by atoms with Gasteiger partial charge in [0.05, 0.1) is 0 Å². The minimum absolute atomic E-state index is 4.26. The van der Waals surface area contributed by atoms with Gasteiger partial charge in [0.2, 0.25) is 5.50 Å². The highest BCUT2D eigenvalue weighted by Crippen LogP contribution is 2.58. The molecule has 0 aromatic rings. The van der Waals surface area contributed by atoms with Gasteiger partial charge in [-0.25, -0.2) is 21.6 Å². The lowest BCUT2D eigenvalue weighted by Crippen LogP contribution is -2.58. The molecule has 1 heterocycles. The third-order valence-corrected chi connectivity index (χ3v) is 3.94. The number of hydrogen-bond acceptors (Lipinski definition) is 2. The topological polar surface area (TPSA) is 34.1 Å². The molecular formula is C5H2F8O2S. The standard InChI is InChI=1S/C5H2F8O2S/c6-1-2(7)16(14,15)5(12,13)3(1,8)4(9,10)11/h1-2H. The fourth-order valence-corrected chi connectivity index (χ4v) is 2.60. The predicted octanol–water partition coefficient (Wildman–Crippen LogP) is 1.91. The van der Waals surface area contributed by atoms with E-state index in [1.54, 1.807) is 0 Å². The quantitative estimate of drug-likeness (QED) is 0.634. The molecule has 1 rings (SSSR count). The van der Waals surface area contributed by atoms with E-state index in [9.17, 15) is 43.5 Å². The van der Waals surface area contributed by atoms with E-state index in [1.807, 2.05) is 0 Å². The molecule has 0 radical (unpaired) electrons. The Hall–Kier alpha value is -0.610. The summed E-state index contributed by atoms with van der Waals surface area (Å²) in [5.74, 6) is 0. The largest absolute Gasteiger partial charge is 0.432 e. The molecule has 1 aliphatic heterocycles. The molecule has 0 bridgehead atoms. The van der Waals surface area contributed by atoms with Crippen LogP contribution in [-0.2, 0) is 9.84 Å². The second-order valence-electron chi connectivity index (χ2n) is 3.02. The van der Waals surface area contributed by atoms with E-state index in [4.69, 9.17) is 0 Å². The average Bonchev–Trinajstić information content (AvgIpc) is 2.18. The lowest BCUT2D eigenvalue weighted by atomic mass is 10.0. The van der Waals surface area contributed by atoms with Gasteiger partial charge in [0.1, 0.15) is 0 Å². The van der Waals surface area contributed by atoms with Crippen molar-refractivity contribution in [3.05, 3.63) is 0 Å². The minimum atomic E-state index is -6.55. The van der Waals surface area contributed by atoms with Crippen LogP contribution in [0.5, 0.6) is 0 Å². The molecule has 16 heavy (non-hydrogen) atoms. The summed E-state index contributed by atoms with van der Waals surface area (Å²) in [6.45, 7) is 0. The van der Waals surface area contributed by atoms with Gasteiger partial charge >= 0.3 is 17.1 Å². The van der Waals surface area contributed by atoms with E-state index in [1.165, 1.54) is 0 Å². The molecule has 96 valence electrons. The second-order valence-corrected chi connectivity index (χ2v) is 5.08. The van der Waals surface area contributed by atoms with Crippen LogP contribution in [0.2, 0.25) is 0 Å². The van der Waals surface area contributed by atoms with Crippen LogP contribution in [0.3, 0.4) is 0 Å². The molecule has 3 atom stereocenters. The molecule has 1 fully saturated rings. The van der Waals surface area contributed by atoms with Crippen molar-refractivity contribution in [2.45, 2.75) is 28.8 Å². The van der Waals surface area contributed by atoms with Crippen LogP contribution in [0.25, 0.3) is 0 Å². The summed E-state index contributed by atoms with van der Waals surface area (Å²) in [4.78, 5) is 0. The van der Waals surface area contributed by atoms with Crippen molar-refractivity contribution in [3.8, 4) is 0 Å². The normalized spacial score (nSPS) is 42.2. The van der Waals surface area contributed by atoms with Gasteiger partial charge in [0, 0.05) is 0 Å². The monoisotopic (exact) mass is 278 g/mol. The van der Waals surface area contributed by atoms with Crippen molar-refractivity contribution in [3.63, 3.8) is 0 Å². The van der Waals surface area contributed by atoms with Crippen LogP contribution < -0.4 is 0 Å². The Morgan fingerprint density at radius 2 is 1.38 bits per heavy atom. The summed E-state index contributed by atoms with van der Waals surface area (Å²) in [7, 11) is -6.51. The van der Waals surface area contributed by atoms with Crippen molar-refractivity contribution in [1.82, 2.24) is 0 Å². The van der Waals surface area contributed by atoms with Gasteiger partial charge in [0.15, 0.2) is 6.17 Å². The third kappa shape index (κ3) is 1.14. The smallest absolute Gasteiger partial charge is 0.239 e. The van der Waals surface area contributed by atoms with E-state index in [2.05, 4.69) is 0 Å². The molecule has 0 N–H and O–H groups in total. The van der Waals surface area contributed by atoms with E-state index >= 15 is 0 Å². The lowest BCUT2D eigenvalue weighted by molar-refractivity contribution is -0.293. The summed E-state index contributed by atoms with van der Waals surface area (Å²) in [5.41, 5.74) is -10.3. The van der Waals surface area contributed by atoms with Gasteiger partial charge < -0.3 is 0 Å². The fraction of sp³-hybridized carbons (Fsp3) is 1.00. The maximum absolute atomic E-state index is 12.9. The molecule has 11 heteroatoms. The average molecular weight is 278 g/mol. The molecule has 3 unspecified atom stereocenters. The van der Waals surface area contributed by atoms with Crippen molar-refractivity contribution in [2.24, 2.45) is 0 Å². The van der Waals surface area contributed by atoms with Crippen molar-refractivity contribution >= 4 is 9.84 Å². The zero-order chi connectivity index (χ0) is 13.2. The number of rotatable bonds is 0. The zero-order valence-corrected chi connectivity index (χ0v) is 7.72. The summed E-state index contributed by atoms with van der Waals surface area (Å²) in [6.07, 6.45) is -11.1. The molecule has 0 spiro atoms. The Labute approximate surface area is 83.1 Å². The van der Waals surface area contributed by atoms with E-state index in [0.717, 1.165) is 0 Å². The van der Waals surface area contributed by atoms with Crippen LogP contribution in [0.1, 0.15) is 0 Å². The molecule has 0 aromatic carbocycles. The Kier molecular flexibility index (Phi) is 2.51. The summed E-state index contributed by atoms with van der Waals surface area (Å²) in [5, 5.41) is -6.20. The van der Waals surface area contributed by atoms with E-state index in [-0.39, 0.29) is 0 Å². The second kappa shape index (κ2) is 2.99. The number of halogens is 8. The summed E-state index contributed by atoms with van der Waals surface area (Å²) >= 11 is 0. The third-order valence-electron chi connectivity index (χ3n) is 2.10. The van der Waals surface area contributed by atoms with Gasteiger partial charge in [0.25, 0.3) is 9.84 Å². The van der Waals surface area contributed by atoms with Crippen LogP contribution in [0.4, 0.5) is 35.1 Å². The highest BCUT2D eigenvalue weighted by molar-refractivity contribution is 7.93. The van der Waals surface area contributed by atoms with Crippen LogP contribution in [-0.4, -0.2) is 37.2 Å². The van der Waals surface area contributed by atoms with E-state index < -0.39 is 38.6 Å². The Morgan fingerprint density at radius 1 is 1.00 bits per heavy atom. The minimum Gasteiger partial charge on any atom is -0.239 e. The number of hydrogen-bond donors (Lipinski definition) is 0. The van der Waals surface area contributed by atoms with Crippen LogP contribution in [0, 0.1) is 0 Å².